The monoisotopic (exact) mass is 347 g/mol. The van der Waals surface area contributed by atoms with Crippen LogP contribution in [0.15, 0.2) is 21.6 Å². The smallest absolute Gasteiger partial charge is 0.434 e. The van der Waals surface area contributed by atoms with Gasteiger partial charge in [0.15, 0.2) is 0 Å². The predicted octanol–water partition coefficient (Wildman–Crippen LogP) is 1.09. The first-order valence-electron chi connectivity index (χ1n) is 8.65. The lowest BCUT2D eigenvalue weighted by atomic mass is 9.97. The molecule has 2 aliphatic heterocycles. The number of anilines is 1. The van der Waals surface area contributed by atoms with Crippen LogP contribution in [0.3, 0.4) is 0 Å². The summed E-state index contributed by atoms with van der Waals surface area (Å²) in [6.45, 7) is 3.10. The first-order valence-corrected chi connectivity index (χ1v) is 8.65. The van der Waals surface area contributed by atoms with Gasteiger partial charge in [-0.15, -0.1) is 5.10 Å². The number of hydrogen-bond acceptors (Lipinski definition) is 8. The van der Waals surface area contributed by atoms with Crippen LogP contribution in [0.5, 0.6) is 5.88 Å². The fourth-order valence-corrected chi connectivity index (χ4v) is 3.30. The van der Waals surface area contributed by atoms with E-state index < -0.39 is 5.76 Å². The number of rotatable bonds is 4. The van der Waals surface area contributed by atoms with Gasteiger partial charge in [0.2, 0.25) is 11.8 Å². The van der Waals surface area contributed by atoms with Crippen LogP contribution in [0.2, 0.25) is 0 Å². The summed E-state index contributed by atoms with van der Waals surface area (Å²) in [5.41, 5.74) is 0. The van der Waals surface area contributed by atoms with E-state index >= 15 is 0 Å². The fourth-order valence-electron chi connectivity index (χ4n) is 3.30. The zero-order valence-corrected chi connectivity index (χ0v) is 13.9. The average Bonchev–Trinajstić information content (AvgIpc) is 3.09. The van der Waals surface area contributed by atoms with Crippen LogP contribution in [0.4, 0.5) is 5.82 Å². The van der Waals surface area contributed by atoms with E-state index in [0.717, 1.165) is 57.8 Å². The molecule has 0 unspecified atom stereocenters. The van der Waals surface area contributed by atoms with Gasteiger partial charge in [-0.25, -0.2) is 19.9 Å². The Kier molecular flexibility index (Phi) is 4.64. The Hall–Kier alpha value is -2.42. The van der Waals surface area contributed by atoms with Crippen molar-refractivity contribution in [2.24, 2.45) is 0 Å². The summed E-state index contributed by atoms with van der Waals surface area (Å²) in [6.07, 6.45) is 5.19. The van der Waals surface area contributed by atoms with E-state index in [1.54, 1.807) is 6.33 Å². The summed E-state index contributed by atoms with van der Waals surface area (Å²) in [5.74, 6) is 1.63. The summed E-state index contributed by atoms with van der Waals surface area (Å²) in [5, 5.41) is 6.26. The van der Waals surface area contributed by atoms with Crippen molar-refractivity contribution in [1.82, 2.24) is 20.2 Å². The number of ether oxygens (including phenoxy) is 2. The van der Waals surface area contributed by atoms with Crippen molar-refractivity contribution in [2.45, 2.75) is 37.7 Å². The van der Waals surface area contributed by atoms with E-state index in [2.05, 4.69) is 25.1 Å². The van der Waals surface area contributed by atoms with Crippen molar-refractivity contribution in [2.75, 3.05) is 31.2 Å². The summed E-state index contributed by atoms with van der Waals surface area (Å²) in [6, 6.07) is 1.89. The fraction of sp³-hybridized carbons (Fsp3) is 0.625. The van der Waals surface area contributed by atoms with Crippen LogP contribution in [-0.2, 0) is 4.74 Å². The van der Waals surface area contributed by atoms with Crippen LogP contribution < -0.4 is 15.4 Å². The number of piperidine rings is 1. The molecular weight excluding hydrogens is 326 g/mol. The van der Waals surface area contributed by atoms with Crippen molar-refractivity contribution < 1.29 is 13.9 Å². The highest BCUT2D eigenvalue weighted by atomic mass is 16.5. The van der Waals surface area contributed by atoms with E-state index in [1.807, 2.05) is 6.07 Å². The topological polar surface area (TPSA) is 106 Å². The third-order valence-corrected chi connectivity index (χ3v) is 4.71. The Labute approximate surface area is 144 Å². The number of aromatic amines is 1. The molecular formula is C16H21N5O4. The summed E-state index contributed by atoms with van der Waals surface area (Å²) in [4.78, 5) is 21.9. The Bertz CT molecular complexity index is 747. The normalized spacial score (nSPS) is 19.9. The number of nitrogens with zero attached hydrogens (tertiary/aromatic N) is 4. The molecule has 0 saturated carbocycles. The summed E-state index contributed by atoms with van der Waals surface area (Å²) >= 11 is 0. The molecule has 1 N–H and O–H groups in total. The molecule has 0 aromatic carbocycles. The lowest BCUT2D eigenvalue weighted by Crippen LogP contribution is -2.33. The number of nitrogens with one attached hydrogen (secondary N) is 1. The Morgan fingerprint density at radius 3 is 2.68 bits per heavy atom. The number of H-pyrrole nitrogens is 1. The van der Waals surface area contributed by atoms with Crippen molar-refractivity contribution >= 4 is 5.82 Å². The van der Waals surface area contributed by atoms with E-state index in [9.17, 15) is 4.79 Å². The Morgan fingerprint density at radius 2 is 1.96 bits per heavy atom. The Balaban J connectivity index is 1.37. The van der Waals surface area contributed by atoms with Gasteiger partial charge in [0.25, 0.3) is 0 Å². The SMILES string of the molecule is O=c1[nH]nc(C2CCN(c3cc(OC4CCOCC4)ncn3)CC2)o1. The number of aromatic nitrogens is 4. The van der Waals surface area contributed by atoms with Crippen molar-refractivity contribution in [3.63, 3.8) is 0 Å². The second-order valence-electron chi connectivity index (χ2n) is 6.36. The molecule has 0 amide bonds. The molecule has 4 heterocycles. The lowest BCUT2D eigenvalue weighted by molar-refractivity contribution is 0.0237. The molecule has 9 heteroatoms. The summed E-state index contributed by atoms with van der Waals surface area (Å²) < 4.78 is 16.4. The van der Waals surface area contributed by atoms with Gasteiger partial charge in [-0.2, -0.15) is 0 Å². The van der Waals surface area contributed by atoms with Crippen LogP contribution in [0.25, 0.3) is 0 Å². The maximum Gasteiger partial charge on any atom is 0.434 e. The molecule has 2 aliphatic rings. The molecule has 2 aromatic rings. The molecule has 2 fully saturated rings. The predicted molar refractivity (Wildman–Crippen MR) is 87.8 cm³/mol. The maximum atomic E-state index is 11.1. The first kappa shape index (κ1) is 16.1. The zero-order chi connectivity index (χ0) is 17.1. The van der Waals surface area contributed by atoms with E-state index in [0.29, 0.717) is 11.8 Å². The molecule has 9 nitrogen and oxygen atoms in total. The van der Waals surface area contributed by atoms with Gasteiger partial charge in [0.05, 0.1) is 13.2 Å². The molecule has 0 radical (unpaired) electrons. The molecule has 134 valence electrons. The van der Waals surface area contributed by atoms with Crippen molar-refractivity contribution in [3.8, 4) is 5.88 Å². The van der Waals surface area contributed by atoms with Gasteiger partial charge < -0.3 is 18.8 Å². The second-order valence-corrected chi connectivity index (χ2v) is 6.36. The van der Waals surface area contributed by atoms with Crippen molar-refractivity contribution in [1.29, 1.82) is 0 Å². The third kappa shape index (κ3) is 3.81. The van der Waals surface area contributed by atoms with Gasteiger partial charge in [0.1, 0.15) is 18.2 Å². The van der Waals surface area contributed by atoms with Crippen LogP contribution in [-0.4, -0.2) is 52.6 Å². The maximum absolute atomic E-state index is 11.1. The molecule has 0 bridgehead atoms. The van der Waals surface area contributed by atoms with Gasteiger partial charge in [0, 0.05) is 37.9 Å². The lowest BCUT2D eigenvalue weighted by Gasteiger charge is -2.31. The van der Waals surface area contributed by atoms with Crippen molar-refractivity contribution in [3.05, 3.63) is 28.8 Å². The molecule has 0 spiro atoms. The highest BCUT2D eigenvalue weighted by Gasteiger charge is 2.25. The molecule has 0 aliphatic carbocycles. The van der Waals surface area contributed by atoms with Crippen LogP contribution in [0.1, 0.15) is 37.5 Å². The van der Waals surface area contributed by atoms with Gasteiger partial charge in [-0.3, -0.25) is 0 Å². The van der Waals surface area contributed by atoms with E-state index in [-0.39, 0.29) is 12.0 Å². The zero-order valence-electron chi connectivity index (χ0n) is 13.9. The van der Waals surface area contributed by atoms with Crippen LogP contribution in [0, 0.1) is 0 Å². The van der Waals surface area contributed by atoms with E-state index in [1.165, 1.54) is 0 Å². The average molecular weight is 347 g/mol. The van der Waals surface area contributed by atoms with Gasteiger partial charge in [-0.1, -0.05) is 0 Å². The largest absolute Gasteiger partial charge is 0.474 e. The standard InChI is InChI=1S/C16H21N5O4/c22-16-20-19-15(25-16)11-1-5-21(6-2-11)13-9-14(18-10-17-13)24-12-3-7-23-8-4-12/h9-12H,1-8H2,(H,20,22). The summed E-state index contributed by atoms with van der Waals surface area (Å²) in [7, 11) is 0. The third-order valence-electron chi connectivity index (χ3n) is 4.71. The Morgan fingerprint density at radius 1 is 1.16 bits per heavy atom. The minimum absolute atomic E-state index is 0.157. The van der Waals surface area contributed by atoms with E-state index in [4.69, 9.17) is 13.9 Å². The second kappa shape index (κ2) is 7.22. The molecule has 2 saturated heterocycles. The van der Waals surface area contributed by atoms with Gasteiger partial charge in [-0.05, 0) is 12.8 Å². The quantitative estimate of drug-likeness (QED) is 0.876. The highest BCUT2D eigenvalue weighted by Crippen LogP contribution is 2.29. The number of hydrogen-bond donors (Lipinski definition) is 1. The molecule has 0 atom stereocenters. The van der Waals surface area contributed by atoms with Gasteiger partial charge >= 0.3 is 5.76 Å². The first-order chi connectivity index (χ1) is 12.3. The minimum atomic E-state index is -0.497. The molecule has 25 heavy (non-hydrogen) atoms. The molecule has 4 rings (SSSR count). The highest BCUT2D eigenvalue weighted by molar-refractivity contribution is 5.41. The van der Waals surface area contributed by atoms with Crippen LogP contribution >= 0.6 is 0 Å². The minimum Gasteiger partial charge on any atom is -0.474 e. The molecule has 2 aromatic heterocycles.